The van der Waals surface area contributed by atoms with E-state index in [9.17, 15) is 15.0 Å². The molecule has 0 amide bonds. The van der Waals surface area contributed by atoms with Crippen LogP contribution in [0.4, 0.5) is 0 Å². The number of aliphatic hydroxyl groups is 2. The quantitative estimate of drug-likeness (QED) is 0.763. The first kappa shape index (κ1) is 17.2. The Kier molecular flexibility index (Phi) is 3.89. The molecule has 4 nitrogen and oxygen atoms in total. The van der Waals surface area contributed by atoms with Crippen molar-refractivity contribution in [1.82, 2.24) is 0 Å². The second-order valence-electron chi connectivity index (χ2n) is 9.30. The van der Waals surface area contributed by atoms with Gasteiger partial charge in [-0.2, -0.15) is 0 Å². The van der Waals surface area contributed by atoms with Gasteiger partial charge in [-0.05, 0) is 64.2 Å². The van der Waals surface area contributed by atoms with Crippen LogP contribution in [0.2, 0.25) is 0 Å². The van der Waals surface area contributed by atoms with Gasteiger partial charge in [0.25, 0.3) is 0 Å². The molecule has 0 aromatic rings. The monoisotopic (exact) mass is 324 g/mol. The van der Waals surface area contributed by atoms with E-state index in [1.165, 1.54) is 0 Å². The summed E-state index contributed by atoms with van der Waals surface area (Å²) in [5.41, 5.74) is -2.28. The summed E-state index contributed by atoms with van der Waals surface area (Å²) in [5.74, 6) is 0.308. The van der Waals surface area contributed by atoms with Crippen LogP contribution in [-0.2, 0) is 9.53 Å². The predicted molar refractivity (Wildman–Crippen MR) is 87.7 cm³/mol. The van der Waals surface area contributed by atoms with E-state index in [2.05, 4.69) is 6.92 Å². The first-order chi connectivity index (χ1) is 10.6. The van der Waals surface area contributed by atoms with Crippen LogP contribution in [0.5, 0.6) is 0 Å². The standard InChI is InChI=1S/C19H32O4/c1-5-14-17(12-23-15(20)16(3,4)6-2)7-13-8-18(21,10-17)11-19(14,22)9-13/h13-14,21-22H,5-12H2,1-4H3. The van der Waals surface area contributed by atoms with Crippen LogP contribution >= 0.6 is 0 Å². The van der Waals surface area contributed by atoms with E-state index < -0.39 is 16.6 Å². The van der Waals surface area contributed by atoms with Crippen molar-refractivity contribution in [2.45, 2.75) is 83.8 Å². The van der Waals surface area contributed by atoms with E-state index in [0.717, 1.165) is 32.1 Å². The zero-order valence-electron chi connectivity index (χ0n) is 15.0. The van der Waals surface area contributed by atoms with Crippen molar-refractivity contribution in [3.63, 3.8) is 0 Å². The van der Waals surface area contributed by atoms with Crippen molar-refractivity contribution in [1.29, 1.82) is 0 Å². The topological polar surface area (TPSA) is 66.8 Å². The van der Waals surface area contributed by atoms with Crippen molar-refractivity contribution in [2.75, 3.05) is 6.61 Å². The molecule has 4 rings (SSSR count). The Morgan fingerprint density at radius 2 is 1.87 bits per heavy atom. The van der Waals surface area contributed by atoms with E-state index in [1.54, 1.807) is 0 Å². The molecule has 0 spiro atoms. The molecule has 4 bridgehead atoms. The summed E-state index contributed by atoms with van der Waals surface area (Å²) in [5, 5.41) is 22.1. The summed E-state index contributed by atoms with van der Waals surface area (Å²) >= 11 is 0. The van der Waals surface area contributed by atoms with Crippen LogP contribution in [0, 0.1) is 22.7 Å². The van der Waals surface area contributed by atoms with Crippen molar-refractivity contribution in [2.24, 2.45) is 22.7 Å². The maximum absolute atomic E-state index is 12.4. The third-order valence-corrected chi connectivity index (χ3v) is 7.05. The minimum atomic E-state index is -0.782. The lowest BCUT2D eigenvalue weighted by molar-refractivity contribution is -0.276. The third-order valence-electron chi connectivity index (χ3n) is 7.05. The Morgan fingerprint density at radius 3 is 2.43 bits per heavy atom. The molecule has 0 aromatic heterocycles. The number of carbonyl (C=O) groups is 1. The highest BCUT2D eigenvalue weighted by atomic mass is 16.5. The molecule has 4 heteroatoms. The Bertz CT molecular complexity index is 502. The fourth-order valence-electron chi connectivity index (χ4n) is 6.08. The Hall–Kier alpha value is -0.610. The average Bonchev–Trinajstić information content (AvgIpc) is 2.41. The summed E-state index contributed by atoms with van der Waals surface area (Å²) in [7, 11) is 0. The minimum absolute atomic E-state index is 0.115. The number of carbonyl (C=O) groups excluding carboxylic acids is 1. The molecule has 0 radical (unpaired) electrons. The molecular weight excluding hydrogens is 292 g/mol. The van der Waals surface area contributed by atoms with Gasteiger partial charge in [-0.3, -0.25) is 4.79 Å². The first-order valence-electron chi connectivity index (χ1n) is 9.20. The highest BCUT2D eigenvalue weighted by Gasteiger charge is 2.67. The van der Waals surface area contributed by atoms with E-state index >= 15 is 0 Å². The highest BCUT2D eigenvalue weighted by Crippen LogP contribution is 2.66. The zero-order chi connectivity index (χ0) is 17.1. The van der Waals surface area contributed by atoms with E-state index in [-0.39, 0.29) is 17.3 Å². The van der Waals surface area contributed by atoms with Crippen LogP contribution in [0.3, 0.4) is 0 Å². The van der Waals surface area contributed by atoms with Gasteiger partial charge < -0.3 is 14.9 Å². The van der Waals surface area contributed by atoms with Gasteiger partial charge in [0.1, 0.15) is 0 Å². The Labute approximate surface area is 139 Å². The number of rotatable bonds is 5. The first-order valence-corrected chi connectivity index (χ1v) is 9.20. The molecule has 23 heavy (non-hydrogen) atoms. The molecule has 4 fully saturated rings. The normalized spacial score (nSPS) is 45.3. The van der Waals surface area contributed by atoms with Crippen molar-refractivity contribution in [3.05, 3.63) is 0 Å². The van der Waals surface area contributed by atoms with Gasteiger partial charge in [0.15, 0.2) is 0 Å². The maximum atomic E-state index is 12.4. The summed E-state index contributed by atoms with van der Waals surface area (Å²) in [6, 6.07) is 0. The smallest absolute Gasteiger partial charge is 0.311 e. The van der Waals surface area contributed by atoms with Gasteiger partial charge in [0, 0.05) is 11.8 Å². The van der Waals surface area contributed by atoms with Gasteiger partial charge >= 0.3 is 5.97 Å². The van der Waals surface area contributed by atoms with E-state index in [1.807, 2.05) is 20.8 Å². The zero-order valence-corrected chi connectivity index (χ0v) is 15.0. The molecule has 0 aliphatic heterocycles. The molecule has 0 aromatic carbocycles. The lowest BCUT2D eigenvalue weighted by Gasteiger charge is -2.67. The predicted octanol–water partition coefficient (Wildman–Crippen LogP) is 3.05. The lowest BCUT2D eigenvalue weighted by Crippen LogP contribution is -2.69. The molecule has 132 valence electrons. The average molecular weight is 324 g/mol. The van der Waals surface area contributed by atoms with Crippen LogP contribution < -0.4 is 0 Å². The molecule has 5 atom stereocenters. The Balaban J connectivity index is 1.83. The van der Waals surface area contributed by atoms with Gasteiger partial charge in [0.2, 0.25) is 0 Å². The lowest BCUT2D eigenvalue weighted by atomic mass is 9.41. The molecule has 4 aliphatic rings. The molecule has 0 heterocycles. The van der Waals surface area contributed by atoms with Gasteiger partial charge in [-0.1, -0.05) is 13.8 Å². The number of hydrogen-bond acceptors (Lipinski definition) is 4. The largest absolute Gasteiger partial charge is 0.465 e. The molecule has 0 saturated heterocycles. The van der Waals surface area contributed by atoms with Crippen LogP contribution in [0.25, 0.3) is 0 Å². The second-order valence-corrected chi connectivity index (χ2v) is 9.30. The fourth-order valence-corrected chi connectivity index (χ4v) is 6.08. The minimum Gasteiger partial charge on any atom is -0.465 e. The molecule has 2 N–H and O–H groups in total. The third kappa shape index (κ3) is 2.62. The maximum Gasteiger partial charge on any atom is 0.311 e. The molecule has 4 aliphatic carbocycles. The molecule has 4 saturated carbocycles. The van der Waals surface area contributed by atoms with Crippen LogP contribution in [-0.4, -0.2) is 34.0 Å². The fraction of sp³-hybridized carbons (Fsp3) is 0.947. The summed E-state index contributed by atoms with van der Waals surface area (Å²) in [4.78, 5) is 12.4. The van der Waals surface area contributed by atoms with Crippen molar-refractivity contribution < 1.29 is 19.7 Å². The summed E-state index contributed by atoms with van der Waals surface area (Å²) in [6.07, 6.45) is 5.32. The van der Waals surface area contributed by atoms with Gasteiger partial charge in [0.05, 0.1) is 23.2 Å². The van der Waals surface area contributed by atoms with Gasteiger partial charge in [-0.15, -0.1) is 0 Å². The molecular formula is C19H32O4. The summed E-state index contributed by atoms with van der Waals surface area (Å²) in [6.45, 7) is 8.26. The molecule has 5 unspecified atom stereocenters. The van der Waals surface area contributed by atoms with Crippen LogP contribution in [0.15, 0.2) is 0 Å². The van der Waals surface area contributed by atoms with Crippen molar-refractivity contribution in [3.8, 4) is 0 Å². The van der Waals surface area contributed by atoms with Gasteiger partial charge in [-0.25, -0.2) is 0 Å². The number of ether oxygens (including phenoxy) is 1. The number of esters is 1. The summed E-state index contributed by atoms with van der Waals surface area (Å²) < 4.78 is 5.74. The SMILES string of the molecule is CCC1C2(O)CC3CC(O)(C2)CC1(COC(=O)C(C)(C)CC)C3. The number of hydrogen-bond donors (Lipinski definition) is 2. The van der Waals surface area contributed by atoms with Crippen molar-refractivity contribution >= 4 is 5.97 Å². The Morgan fingerprint density at radius 1 is 1.17 bits per heavy atom. The highest BCUT2D eigenvalue weighted by molar-refractivity contribution is 5.75. The van der Waals surface area contributed by atoms with Crippen LogP contribution in [0.1, 0.15) is 72.6 Å². The van der Waals surface area contributed by atoms with E-state index in [4.69, 9.17) is 4.74 Å². The second kappa shape index (κ2) is 5.19. The van der Waals surface area contributed by atoms with E-state index in [0.29, 0.717) is 25.4 Å².